The lowest BCUT2D eigenvalue weighted by Crippen LogP contribution is -2.30. The van der Waals surface area contributed by atoms with Crippen molar-refractivity contribution in [1.29, 1.82) is 0 Å². The van der Waals surface area contributed by atoms with Crippen molar-refractivity contribution in [3.05, 3.63) is 146 Å². The lowest BCUT2D eigenvalue weighted by Gasteiger charge is -2.18. The normalized spacial score (nSPS) is 13.1. The summed E-state index contributed by atoms with van der Waals surface area (Å²) in [6, 6.07) is 0. The second-order valence-corrected chi connectivity index (χ2v) is 21.6. The lowest BCUT2D eigenvalue weighted by atomic mass is 10.1. The number of unbranched alkanes of at least 4 members (excludes halogenated alkanes) is 24. The summed E-state index contributed by atoms with van der Waals surface area (Å²) in [6.07, 6.45) is 97.1. The molecular weight excluding hydrogens is 997 g/mol. The maximum Gasteiger partial charge on any atom is 0.306 e. The second-order valence-electron chi connectivity index (χ2n) is 21.6. The van der Waals surface area contributed by atoms with Crippen molar-refractivity contribution in [1.82, 2.24) is 0 Å². The number of carbonyl (C=O) groups excluding carboxylic acids is 3. The Labute approximate surface area is 499 Å². The second kappa shape index (κ2) is 67.8. The van der Waals surface area contributed by atoms with Gasteiger partial charge in [-0.05, 0) is 141 Å². The van der Waals surface area contributed by atoms with Crippen molar-refractivity contribution < 1.29 is 28.6 Å². The van der Waals surface area contributed by atoms with E-state index in [0.29, 0.717) is 19.3 Å². The summed E-state index contributed by atoms with van der Waals surface area (Å²) in [6.45, 7) is 6.45. The molecule has 6 nitrogen and oxygen atoms in total. The van der Waals surface area contributed by atoms with E-state index in [1.807, 2.05) is 0 Å². The average Bonchev–Trinajstić information content (AvgIpc) is 3.47. The van der Waals surface area contributed by atoms with E-state index < -0.39 is 6.10 Å². The van der Waals surface area contributed by atoms with Gasteiger partial charge in [0.25, 0.3) is 0 Å². The van der Waals surface area contributed by atoms with Gasteiger partial charge in [-0.3, -0.25) is 14.4 Å². The molecule has 0 aliphatic heterocycles. The Hall–Kier alpha value is -4.71. The number of ether oxygens (including phenoxy) is 3. The largest absolute Gasteiger partial charge is 0.462 e. The predicted octanol–water partition coefficient (Wildman–Crippen LogP) is 23.1. The highest BCUT2D eigenvalue weighted by atomic mass is 16.6. The van der Waals surface area contributed by atoms with E-state index in [9.17, 15) is 14.4 Å². The Morgan fingerprint density at radius 2 is 0.494 bits per heavy atom. The van der Waals surface area contributed by atoms with Crippen molar-refractivity contribution in [3.8, 4) is 0 Å². The molecule has 0 aliphatic rings. The summed E-state index contributed by atoms with van der Waals surface area (Å²) in [5, 5.41) is 0. The Bertz CT molecular complexity index is 1760. The molecule has 6 heteroatoms. The van der Waals surface area contributed by atoms with Crippen LogP contribution in [0.3, 0.4) is 0 Å². The molecule has 458 valence electrons. The predicted molar refractivity (Wildman–Crippen MR) is 352 cm³/mol. The highest BCUT2D eigenvalue weighted by Crippen LogP contribution is 2.15. The topological polar surface area (TPSA) is 78.9 Å². The van der Waals surface area contributed by atoms with Crippen LogP contribution in [0.15, 0.2) is 146 Å². The number of allylic oxidation sites excluding steroid dienone is 24. The van der Waals surface area contributed by atoms with E-state index in [4.69, 9.17) is 14.2 Å². The quantitative estimate of drug-likeness (QED) is 0.0261. The van der Waals surface area contributed by atoms with Crippen molar-refractivity contribution >= 4 is 17.9 Å². The molecule has 1 atom stereocenters. The fraction of sp³-hybridized carbons (Fsp3) is 0.640. The van der Waals surface area contributed by atoms with Gasteiger partial charge < -0.3 is 14.2 Å². The van der Waals surface area contributed by atoms with Gasteiger partial charge in [0.2, 0.25) is 0 Å². The van der Waals surface area contributed by atoms with E-state index in [2.05, 4.69) is 167 Å². The van der Waals surface area contributed by atoms with Crippen molar-refractivity contribution in [2.45, 2.75) is 297 Å². The minimum absolute atomic E-state index is 0.0982. The Balaban J connectivity index is 4.38. The Kier molecular flexibility index (Phi) is 63.9. The maximum atomic E-state index is 12.9. The first-order chi connectivity index (χ1) is 40.0. The van der Waals surface area contributed by atoms with Gasteiger partial charge in [0.1, 0.15) is 13.2 Å². The van der Waals surface area contributed by atoms with Gasteiger partial charge in [0.05, 0.1) is 0 Å². The smallest absolute Gasteiger partial charge is 0.306 e. The van der Waals surface area contributed by atoms with E-state index in [-0.39, 0.29) is 31.1 Å². The summed E-state index contributed by atoms with van der Waals surface area (Å²) in [4.78, 5) is 38.3. The molecule has 0 bridgehead atoms. The summed E-state index contributed by atoms with van der Waals surface area (Å²) in [5.41, 5.74) is 0. The monoisotopic (exact) mass is 1120 g/mol. The number of rotatable bonds is 59. The van der Waals surface area contributed by atoms with Gasteiger partial charge in [-0.15, -0.1) is 0 Å². The summed E-state index contributed by atoms with van der Waals surface area (Å²) >= 11 is 0. The third kappa shape index (κ3) is 66.0. The summed E-state index contributed by atoms with van der Waals surface area (Å²) in [5.74, 6) is -0.940. The van der Waals surface area contributed by atoms with Crippen LogP contribution in [0.4, 0.5) is 0 Å². The Morgan fingerprint density at radius 1 is 0.259 bits per heavy atom. The zero-order chi connectivity index (χ0) is 58.5. The first kappa shape index (κ1) is 76.3. The third-order valence-electron chi connectivity index (χ3n) is 13.8. The number of hydrogen-bond acceptors (Lipinski definition) is 6. The fourth-order valence-corrected chi connectivity index (χ4v) is 8.80. The summed E-state index contributed by atoms with van der Waals surface area (Å²) in [7, 11) is 0. The van der Waals surface area contributed by atoms with Crippen LogP contribution in [-0.4, -0.2) is 37.2 Å². The van der Waals surface area contributed by atoms with Gasteiger partial charge in [-0.1, -0.05) is 276 Å². The zero-order valence-electron chi connectivity index (χ0n) is 52.5. The number of carbonyl (C=O) groups is 3. The van der Waals surface area contributed by atoms with E-state index >= 15 is 0 Å². The van der Waals surface area contributed by atoms with Crippen LogP contribution < -0.4 is 0 Å². The van der Waals surface area contributed by atoms with Gasteiger partial charge in [-0.25, -0.2) is 0 Å². The number of hydrogen-bond donors (Lipinski definition) is 0. The van der Waals surface area contributed by atoms with Crippen molar-refractivity contribution in [3.63, 3.8) is 0 Å². The molecule has 0 aliphatic carbocycles. The van der Waals surface area contributed by atoms with Crippen LogP contribution >= 0.6 is 0 Å². The molecule has 0 aromatic carbocycles. The van der Waals surface area contributed by atoms with Crippen LogP contribution in [0.5, 0.6) is 0 Å². The molecule has 0 N–H and O–H groups in total. The molecule has 0 saturated carbocycles. The fourth-order valence-electron chi connectivity index (χ4n) is 8.80. The van der Waals surface area contributed by atoms with E-state index in [1.54, 1.807) is 0 Å². The Morgan fingerprint density at radius 3 is 0.802 bits per heavy atom. The molecule has 0 amide bonds. The van der Waals surface area contributed by atoms with Crippen LogP contribution in [0, 0.1) is 0 Å². The molecule has 0 fully saturated rings. The van der Waals surface area contributed by atoms with Gasteiger partial charge in [0.15, 0.2) is 6.10 Å². The van der Waals surface area contributed by atoms with Gasteiger partial charge in [0, 0.05) is 19.3 Å². The summed E-state index contributed by atoms with van der Waals surface area (Å²) < 4.78 is 16.9. The molecular formula is C75H122O6. The average molecular weight is 1120 g/mol. The van der Waals surface area contributed by atoms with Crippen LogP contribution in [-0.2, 0) is 28.6 Å². The first-order valence-electron chi connectivity index (χ1n) is 33.3. The van der Waals surface area contributed by atoms with Crippen LogP contribution in [0.1, 0.15) is 290 Å². The maximum absolute atomic E-state index is 12.9. The first-order valence-corrected chi connectivity index (χ1v) is 33.3. The SMILES string of the molecule is CC/C=C\C/C=C\C/C=C\C/C=C\C/C=C\C/C=C\C/C=C\C/C=C\CCCCCCC(=O)OCC(COC(=O)CCCCCCC/C=C\CCCC)OC(=O)CCCCCCCCCC/C=C\C/C=C\C/C=C\CCCCCCC. The molecule has 1 unspecified atom stereocenters. The highest BCUT2D eigenvalue weighted by Gasteiger charge is 2.19. The zero-order valence-corrected chi connectivity index (χ0v) is 52.5. The van der Waals surface area contributed by atoms with Gasteiger partial charge >= 0.3 is 17.9 Å². The molecule has 0 aromatic heterocycles. The lowest BCUT2D eigenvalue weighted by molar-refractivity contribution is -0.167. The van der Waals surface area contributed by atoms with Crippen molar-refractivity contribution in [2.75, 3.05) is 13.2 Å². The minimum Gasteiger partial charge on any atom is -0.462 e. The van der Waals surface area contributed by atoms with E-state index in [1.165, 1.54) is 96.3 Å². The third-order valence-corrected chi connectivity index (χ3v) is 13.8. The number of esters is 3. The van der Waals surface area contributed by atoms with E-state index in [0.717, 1.165) is 154 Å². The standard InChI is InChI=1S/C75H122O6/c1-4-7-10-13-16-19-22-24-26-28-30-32-34-35-36-37-38-39-41-42-44-46-48-50-53-56-59-62-65-68-74(77)80-71-72(70-79-73(76)67-64-61-58-55-52-21-18-15-12-9-6-3)81-75(78)69-66-63-60-57-54-51-49-47-45-43-40-33-31-29-27-25-23-20-17-14-11-8-5-2/h7,10,15-16,18-19,23-26,29-32,35-36,38-40,42-44,48,50,72H,4-6,8-9,11-14,17,20-22,27-28,33-34,37,41,45-47,49,51-71H2,1-3H3/b10-7-,18-15-,19-16-,25-23-,26-24-,31-29-,32-30-,36-35-,39-38-,43-40-,44-42-,50-48-. The minimum atomic E-state index is -0.803. The molecule has 0 spiro atoms. The molecule has 0 heterocycles. The highest BCUT2D eigenvalue weighted by molar-refractivity contribution is 5.71. The molecule has 0 rings (SSSR count). The van der Waals surface area contributed by atoms with Crippen molar-refractivity contribution in [2.24, 2.45) is 0 Å². The molecule has 0 aromatic rings. The molecule has 81 heavy (non-hydrogen) atoms. The van der Waals surface area contributed by atoms with Crippen LogP contribution in [0.2, 0.25) is 0 Å². The van der Waals surface area contributed by atoms with Crippen LogP contribution in [0.25, 0.3) is 0 Å². The van der Waals surface area contributed by atoms with Gasteiger partial charge in [-0.2, -0.15) is 0 Å². The molecule has 0 radical (unpaired) electrons. The molecule has 0 saturated heterocycles.